The molecule has 0 radical (unpaired) electrons. The molecule has 80 valence electrons. The fourth-order valence-electron chi connectivity index (χ4n) is 0.704. The molecule has 0 N–H and O–H groups in total. The zero-order chi connectivity index (χ0) is 10.1. The van der Waals surface area contributed by atoms with Crippen LogP contribution in [0, 0.1) is 11.8 Å². The molecule has 0 aromatic heterocycles. The molecular weight excluding hydrogens is 208 g/mol. The average molecular weight is 220 g/mol. The van der Waals surface area contributed by atoms with E-state index < -0.39 is 11.4 Å². The van der Waals surface area contributed by atoms with Crippen LogP contribution in [0.3, 0.4) is 0 Å². The van der Waals surface area contributed by atoms with Crippen molar-refractivity contribution in [2.45, 2.75) is 0 Å². The minimum atomic E-state index is -1.71. The normalized spacial score (nSPS) is 22.3. The summed E-state index contributed by atoms with van der Waals surface area (Å²) < 4.78 is 30.6. The fraction of sp³-hybridized carbons (Fsp3) is 0.750. The van der Waals surface area contributed by atoms with Crippen molar-refractivity contribution in [1.82, 2.24) is 0 Å². The summed E-state index contributed by atoms with van der Waals surface area (Å²) in [6.45, 7) is 1.83. The molecule has 1 heterocycles. The smallest absolute Gasteiger partial charge is 0.304 e. The van der Waals surface area contributed by atoms with E-state index in [1.165, 1.54) is 0 Å². The van der Waals surface area contributed by atoms with Gasteiger partial charge in [-0.15, -0.1) is 0 Å². The second kappa shape index (κ2) is 7.91. The van der Waals surface area contributed by atoms with Crippen LogP contribution in [0.4, 0.5) is 0 Å². The van der Waals surface area contributed by atoms with Gasteiger partial charge in [0.2, 0.25) is 0 Å². The Morgan fingerprint density at radius 3 is 1.86 bits per heavy atom. The maximum atomic E-state index is 10.9. The number of hydrogen-bond acceptors (Lipinski definition) is 5. The van der Waals surface area contributed by atoms with E-state index in [0.717, 1.165) is 0 Å². The third-order valence-corrected chi connectivity index (χ3v) is 2.01. The Kier molecular flexibility index (Phi) is 6.57. The molecule has 6 heteroatoms. The van der Waals surface area contributed by atoms with Gasteiger partial charge in [0.25, 0.3) is 0 Å². The van der Waals surface area contributed by atoms with Gasteiger partial charge in [0.05, 0.1) is 26.4 Å². The van der Waals surface area contributed by atoms with Crippen molar-refractivity contribution in [1.29, 1.82) is 0 Å². The van der Waals surface area contributed by atoms with Crippen LogP contribution in [0.25, 0.3) is 0 Å². The molecule has 0 amide bonds. The van der Waals surface area contributed by atoms with Crippen molar-refractivity contribution in [3.63, 3.8) is 0 Å². The molecule has 0 aromatic rings. The number of rotatable bonds is 0. The van der Waals surface area contributed by atoms with Crippen molar-refractivity contribution < 1.29 is 22.0 Å². The molecule has 0 unspecified atom stereocenters. The van der Waals surface area contributed by atoms with Crippen molar-refractivity contribution in [2.24, 2.45) is 0 Å². The highest BCUT2D eigenvalue weighted by molar-refractivity contribution is 7.75. The predicted molar refractivity (Wildman–Crippen MR) is 49.5 cm³/mol. The van der Waals surface area contributed by atoms with Gasteiger partial charge in [0, 0.05) is 0 Å². The van der Waals surface area contributed by atoms with Crippen molar-refractivity contribution in [3.05, 3.63) is 0 Å². The summed E-state index contributed by atoms with van der Waals surface area (Å²) in [5.41, 5.74) is 0. The first-order chi connectivity index (χ1) is 6.89. The first-order valence-corrected chi connectivity index (χ1v) is 5.19. The summed E-state index contributed by atoms with van der Waals surface area (Å²) >= 11 is -1.71. The van der Waals surface area contributed by atoms with Crippen LogP contribution < -0.4 is 0 Å². The maximum Gasteiger partial charge on any atom is 0.304 e. The van der Waals surface area contributed by atoms with E-state index in [1.54, 1.807) is 0 Å². The van der Waals surface area contributed by atoms with E-state index >= 15 is 0 Å². The third kappa shape index (κ3) is 6.07. The van der Waals surface area contributed by atoms with Gasteiger partial charge >= 0.3 is 11.4 Å². The molecule has 0 aliphatic carbocycles. The molecule has 0 saturated heterocycles. The van der Waals surface area contributed by atoms with Gasteiger partial charge in [-0.3, -0.25) is 8.37 Å². The molecule has 0 fully saturated rings. The average Bonchev–Trinajstić information content (AvgIpc) is 2.20. The van der Waals surface area contributed by atoms with Gasteiger partial charge in [-0.25, -0.2) is 0 Å². The van der Waals surface area contributed by atoms with Crippen LogP contribution in [0.5, 0.6) is 0 Å². The SMILES string of the molecule is O=S1OCCOCC#CCOCCO1. The van der Waals surface area contributed by atoms with Crippen molar-refractivity contribution in [2.75, 3.05) is 39.6 Å². The molecule has 1 rings (SSSR count). The third-order valence-electron chi connectivity index (χ3n) is 1.29. The van der Waals surface area contributed by atoms with Crippen LogP contribution >= 0.6 is 0 Å². The number of hydrogen-bond donors (Lipinski definition) is 0. The quantitative estimate of drug-likeness (QED) is 0.522. The highest BCUT2D eigenvalue weighted by Gasteiger charge is 2.00. The van der Waals surface area contributed by atoms with Gasteiger partial charge in [0.15, 0.2) is 0 Å². The van der Waals surface area contributed by atoms with Gasteiger partial charge in [-0.2, -0.15) is 4.21 Å². The Balaban J connectivity index is 2.24. The lowest BCUT2D eigenvalue weighted by Gasteiger charge is -2.03. The summed E-state index contributed by atoms with van der Waals surface area (Å²) in [6, 6.07) is 0. The summed E-state index contributed by atoms with van der Waals surface area (Å²) in [7, 11) is 0. The summed E-state index contributed by atoms with van der Waals surface area (Å²) in [6.07, 6.45) is 0. The van der Waals surface area contributed by atoms with Gasteiger partial charge in [-0.05, 0) is 0 Å². The molecule has 14 heavy (non-hydrogen) atoms. The monoisotopic (exact) mass is 220 g/mol. The second-order valence-corrected chi connectivity index (χ2v) is 3.19. The van der Waals surface area contributed by atoms with E-state index in [2.05, 4.69) is 11.8 Å². The highest BCUT2D eigenvalue weighted by Crippen LogP contribution is 1.90. The maximum absolute atomic E-state index is 10.9. The second-order valence-electron chi connectivity index (χ2n) is 2.31. The van der Waals surface area contributed by atoms with Crippen LogP contribution in [-0.4, -0.2) is 43.9 Å². The first-order valence-electron chi connectivity index (χ1n) is 4.19. The van der Waals surface area contributed by atoms with Gasteiger partial charge < -0.3 is 9.47 Å². The topological polar surface area (TPSA) is 54.0 Å². The van der Waals surface area contributed by atoms with E-state index in [0.29, 0.717) is 26.4 Å². The molecule has 0 bridgehead atoms. The van der Waals surface area contributed by atoms with E-state index in [-0.39, 0.29) is 13.2 Å². The molecule has 0 saturated carbocycles. The van der Waals surface area contributed by atoms with E-state index in [4.69, 9.17) is 17.8 Å². The zero-order valence-electron chi connectivity index (χ0n) is 7.69. The predicted octanol–water partition coefficient (Wildman–Crippen LogP) is -0.351. The summed E-state index contributed by atoms with van der Waals surface area (Å²) in [4.78, 5) is 0. The van der Waals surface area contributed by atoms with Crippen molar-refractivity contribution in [3.8, 4) is 11.8 Å². The Bertz CT molecular complexity index is 212. The van der Waals surface area contributed by atoms with Crippen LogP contribution in [0.2, 0.25) is 0 Å². The number of ether oxygens (including phenoxy) is 2. The van der Waals surface area contributed by atoms with Crippen LogP contribution in [-0.2, 0) is 29.2 Å². The Labute approximate surface area is 85.5 Å². The first kappa shape index (κ1) is 11.6. The molecule has 0 spiro atoms. The van der Waals surface area contributed by atoms with Gasteiger partial charge in [-0.1, -0.05) is 11.8 Å². The molecule has 0 atom stereocenters. The standard InChI is InChI=1S/C8H12O5S/c9-14-12-7-5-10-3-1-2-4-11-6-8-13-14/h3-8H2. The fourth-order valence-corrected chi connectivity index (χ4v) is 1.18. The Morgan fingerprint density at radius 2 is 1.36 bits per heavy atom. The minimum absolute atomic E-state index is 0.231. The molecular formula is C8H12O5S. The van der Waals surface area contributed by atoms with E-state index in [1.807, 2.05) is 0 Å². The zero-order valence-corrected chi connectivity index (χ0v) is 8.51. The van der Waals surface area contributed by atoms with Gasteiger partial charge in [0.1, 0.15) is 13.2 Å². The molecule has 5 nitrogen and oxygen atoms in total. The largest absolute Gasteiger partial charge is 0.366 e. The van der Waals surface area contributed by atoms with Crippen LogP contribution in [0.15, 0.2) is 0 Å². The Hall–Kier alpha value is -0.450. The highest BCUT2D eigenvalue weighted by atomic mass is 32.2. The lowest BCUT2D eigenvalue weighted by molar-refractivity contribution is 0.109. The summed E-state index contributed by atoms with van der Waals surface area (Å²) in [5, 5.41) is 0. The van der Waals surface area contributed by atoms with E-state index in [9.17, 15) is 4.21 Å². The van der Waals surface area contributed by atoms with Crippen LogP contribution in [0.1, 0.15) is 0 Å². The minimum Gasteiger partial charge on any atom is -0.366 e. The lowest BCUT2D eigenvalue weighted by Crippen LogP contribution is -2.11. The summed E-state index contributed by atoms with van der Waals surface area (Å²) in [5.74, 6) is 5.53. The lowest BCUT2D eigenvalue weighted by atomic mass is 10.6. The van der Waals surface area contributed by atoms with Crippen molar-refractivity contribution >= 4 is 11.4 Å². The Morgan fingerprint density at radius 1 is 0.857 bits per heavy atom. The molecule has 1 aliphatic rings. The molecule has 1 aliphatic heterocycles. The molecule has 0 aromatic carbocycles.